The Kier molecular flexibility index (Phi) is 4.41. The van der Waals surface area contributed by atoms with Gasteiger partial charge in [-0.1, -0.05) is 17.3 Å². The van der Waals surface area contributed by atoms with Crippen molar-refractivity contribution in [3.05, 3.63) is 71.6 Å². The highest BCUT2D eigenvalue weighted by molar-refractivity contribution is 7.13. The third-order valence-electron chi connectivity index (χ3n) is 4.83. The van der Waals surface area contributed by atoms with Gasteiger partial charge in [-0.05, 0) is 35.2 Å². The first kappa shape index (κ1) is 16.6. The van der Waals surface area contributed by atoms with Gasteiger partial charge in [0.15, 0.2) is 0 Å². The quantitative estimate of drug-likeness (QED) is 0.545. The van der Waals surface area contributed by atoms with Crippen molar-refractivity contribution in [1.29, 1.82) is 0 Å². The first-order chi connectivity index (χ1) is 13.4. The highest BCUT2D eigenvalue weighted by Gasteiger charge is 2.26. The molecule has 4 aromatic heterocycles. The molecule has 4 aromatic rings. The van der Waals surface area contributed by atoms with Gasteiger partial charge in [-0.25, -0.2) is 4.52 Å². The van der Waals surface area contributed by atoms with Gasteiger partial charge in [0.1, 0.15) is 11.8 Å². The normalized spacial score (nSPS) is 18.1. The Morgan fingerprint density at radius 3 is 3.04 bits per heavy atom. The van der Waals surface area contributed by atoms with E-state index < -0.39 is 0 Å². The molecule has 0 N–H and O–H groups in total. The number of pyridine rings is 2. The van der Waals surface area contributed by atoms with E-state index in [1.165, 1.54) is 10.4 Å². The van der Waals surface area contributed by atoms with Crippen LogP contribution in [0.4, 0.5) is 0 Å². The lowest BCUT2D eigenvalue weighted by Gasteiger charge is -2.32. The van der Waals surface area contributed by atoms with Gasteiger partial charge in [-0.15, -0.1) is 16.4 Å². The minimum Gasteiger partial charge on any atom is -0.369 e. The number of aromatic nitrogens is 4. The second-order valence-corrected chi connectivity index (χ2v) is 7.60. The molecule has 0 saturated carbocycles. The molecule has 0 aliphatic carbocycles. The predicted molar refractivity (Wildman–Crippen MR) is 105 cm³/mol. The van der Waals surface area contributed by atoms with Crippen LogP contribution in [-0.2, 0) is 11.3 Å². The number of morpholine rings is 1. The molecule has 7 heteroatoms. The molecular weight excluding hydrogens is 358 g/mol. The molecule has 1 saturated heterocycles. The third-order valence-corrected chi connectivity index (χ3v) is 5.75. The van der Waals surface area contributed by atoms with Crippen molar-refractivity contribution in [2.45, 2.75) is 12.6 Å². The molecule has 136 valence electrons. The number of rotatable bonds is 4. The van der Waals surface area contributed by atoms with E-state index >= 15 is 0 Å². The molecule has 1 aliphatic rings. The standard InChI is InChI=1S/C20H19N5OS/c1-3-15(11-21-7-1)12-24-8-9-26-18(14-24)20-17-6-5-16(13-25(17)23-22-20)19-4-2-10-27-19/h1-7,10-11,13,18H,8-9,12,14H2/t18-/m1/s1. The Balaban J connectivity index is 1.38. The largest absolute Gasteiger partial charge is 0.369 e. The summed E-state index contributed by atoms with van der Waals surface area (Å²) in [5.41, 5.74) is 4.27. The van der Waals surface area contributed by atoms with Crippen molar-refractivity contribution < 1.29 is 4.74 Å². The fourth-order valence-corrected chi connectivity index (χ4v) is 4.21. The van der Waals surface area contributed by atoms with E-state index in [-0.39, 0.29) is 6.10 Å². The second kappa shape index (κ2) is 7.19. The zero-order chi connectivity index (χ0) is 18.1. The molecule has 27 heavy (non-hydrogen) atoms. The van der Waals surface area contributed by atoms with Crippen LogP contribution in [0.1, 0.15) is 17.4 Å². The summed E-state index contributed by atoms with van der Waals surface area (Å²) in [6, 6.07) is 12.5. The lowest BCUT2D eigenvalue weighted by molar-refractivity contribution is -0.0343. The number of fused-ring (bicyclic) bond motifs is 1. The summed E-state index contributed by atoms with van der Waals surface area (Å²) in [4.78, 5) is 7.82. The van der Waals surface area contributed by atoms with E-state index in [0.717, 1.165) is 36.4 Å². The van der Waals surface area contributed by atoms with E-state index in [2.05, 4.69) is 55.9 Å². The summed E-state index contributed by atoms with van der Waals surface area (Å²) in [5.74, 6) is 0. The van der Waals surface area contributed by atoms with Crippen molar-refractivity contribution in [3.8, 4) is 10.4 Å². The molecule has 1 fully saturated rings. The molecule has 0 spiro atoms. The van der Waals surface area contributed by atoms with Crippen molar-refractivity contribution in [3.63, 3.8) is 0 Å². The molecule has 6 nitrogen and oxygen atoms in total. The zero-order valence-corrected chi connectivity index (χ0v) is 15.5. The minimum atomic E-state index is -0.0690. The maximum Gasteiger partial charge on any atom is 0.121 e. The zero-order valence-electron chi connectivity index (χ0n) is 14.7. The van der Waals surface area contributed by atoms with Crippen LogP contribution < -0.4 is 0 Å². The Morgan fingerprint density at radius 1 is 1.19 bits per heavy atom. The maximum absolute atomic E-state index is 6.03. The number of thiophene rings is 1. The van der Waals surface area contributed by atoms with Gasteiger partial charge in [-0.2, -0.15) is 0 Å². The maximum atomic E-state index is 6.03. The highest BCUT2D eigenvalue weighted by Crippen LogP contribution is 2.28. The van der Waals surface area contributed by atoms with Gasteiger partial charge in [0, 0.05) is 48.7 Å². The van der Waals surface area contributed by atoms with Gasteiger partial charge in [-0.3, -0.25) is 9.88 Å². The van der Waals surface area contributed by atoms with Crippen LogP contribution in [0.5, 0.6) is 0 Å². The lowest BCUT2D eigenvalue weighted by Crippen LogP contribution is -2.38. The van der Waals surface area contributed by atoms with Crippen LogP contribution in [0, 0.1) is 0 Å². The minimum absolute atomic E-state index is 0.0690. The summed E-state index contributed by atoms with van der Waals surface area (Å²) < 4.78 is 7.88. The molecule has 1 aliphatic heterocycles. The first-order valence-electron chi connectivity index (χ1n) is 8.98. The second-order valence-electron chi connectivity index (χ2n) is 6.66. The Labute approximate surface area is 161 Å². The first-order valence-corrected chi connectivity index (χ1v) is 9.86. The van der Waals surface area contributed by atoms with E-state index in [1.54, 1.807) is 17.5 Å². The molecule has 0 unspecified atom stereocenters. The number of hydrogen-bond donors (Lipinski definition) is 0. The fourth-order valence-electron chi connectivity index (χ4n) is 3.49. The van der Waals surface area contributed by atoms with E-state index in [1.807, 2.05) is 23.0 Å². The summed E-state index contributed by atoms with van der Waals surface area (Å²) in [7, 11) is 0. The summed E-state index contributed by atoms with van der Waals surface area (Å²) in [5, 5.41) is 10.9. The average Bonchev–Trinajstić information content (AvgIpc) is 3.38. The molecule has 1 atom stereocenters. The van der Waals surface area contributed by atoms with Crippen molar-refractivity contribution in [2.24, 2.45) is 0 Å². The topological polar surface area (TPSA) is 55.5 Å². The van der Waals surface area contributed by atoms with Gasteiger partial charge in [0.25, 0.3) is 0 Å². The van der Waals surface area contributed by atoms with Crippen LogP contribution in [0.3, 0.4) is 0 Å². The van der Waals surface area contributed by atoms with Crippen LogP contribution in [0.15, 0.2) is 60.4 Å². The monoisotopic (exact) mass is 377 g/mol. The molecular formula is C20H19N5OS. The third kappa shape index (κ3) is 3.37. The van der Waals surface area contributed by atoms with Crippen LogP contribution >= 0.6 is 11.3 Å². The summed E-state index contributed by atoms with van der Waals surface area (Å²) in [6.07, 6.45) is 5.69. The van der Waals surface area contributed by atoms with Crippen molar-refractivity contribution in [1.82, 2.24) is 24.7 Å². The molecule has 5 heterocycles. The number of nitrogens with zero attached hydrogens (tertiary/aromatic N) is 5. The fraction of sp³-hybridized carbons (Fsp3) is 0.250. The van der Waals surface area contributed by atoms with Gasteiger partial charge in [0.2, 0.25) is 0 Å². The van der Waals surface area contributed by atoms with Crippen LogP contribution in [-0.4, -0.2) is 44.4 Å². The SMILES string of the molecule is c1cncc(CN2CCO[C@@H](c3nnn4cc(-c5cccs5)ccc34)C2)c1. The number of hydrogen-bond acceptors (Lipinski definition) is 6. The van der Waals surface area contributed by atoms with Crippen molar-refractivity contribution >= 4 is 16.9 Å². The Morgan fingerprint density at radius 2 is 2.19 bits per heavy atom. The average molecular weight is 377 g/mol. The molecule has 0 amide bonds. The Bertz CT molecular complexity index is 1030. The van der Waals surface area contributed by atoms with Crippen LogP contribution in [0.2, 0.25) is 0 Å². The van der Waals surface area contributed by atoms with Gasteiger partial charge >= 0.3 is 0 Å². The summed E-state index contributed by atoms with van der Waals surface area (Å²) in [6.45, 7) is 3.27. The summed E-state index contributed by atoms with van der Waals surface area (Å²) >= 11 is 1.72. The Hall–Kier alpha value is -2.61. The lowest BCUT2D eigenvalue weighted by atomic mass is 10.1. The highest BCUT2D eigenvalue weighted by atomic mass is 32.1. The van der Waals surface area contributed by atoms with Gasteiger partial charge < -0.3 is 4.74 Å². The predicted octanol–water partition coefficient (Wildman–Crippen LogP) is 3.43. The van der Waals surface area contributed by atoms with Crippen molar-refractivity contribution in [2.75, 3.05) is 19.7 Å². The van der Waals surface area contributed by atoms with Gasteiger partial charge in [0.05, 0.1) is 12.1 Å². The smallest absolute Gasteiger partial charge is 0.121 e. The molecule has 0 radical (unpaired) electrons. The molecule has 0 aromatic carbocycles. The molecule has 5 rings (SSSR count). The van der Waals surface area contributed by atoms with E-state index in [0.29, 0.717) is 6.61 Å². The van der Waals surface area contributed by atoms with E-state index in [4.69, 9.17) is 4.74 Å². The van der Waals surface area contributed by atoms with Crippen LogP contribution in [0.25, 0.3) is 16.0 Å². The van der Waals surface area contributed by atoms with E-state index in [9.17, 15) is 0 Å². The number of ether oxygens (including phenoxy) is 1. The molecule has 0 bridgehead atoms.